The first-order chi connectivity index (χ1) is 17.0. The smallest absolute Gasteiger partial charge is 0.417 e. The molecular formula is C23H22F3N5O4S. The van der Waals surface area contributed by atoms with E-state index in [9.17, 15) is 26.4 Å². The number of fused-ring (bicyclic) bond motifs is 2. The number of aryl methyl sites for hydroxylation is 1. The Bertz CT molecular complexity index is 1600. The van der Waals surface area contributed by atoms with Crippen LogP contribution in [-0.2, 0) is 39.0 Å². The van der Waals surface area contributed by atoms with Crippen LogP contribution in [0.1, 0.15) is 30.9 Å². The molecule has 13 heteroatoms. The number of aromatic nitrogens is 5. The van der Waals surface area contributed by atoms with Crippen molar-refractivity contribution in [3.05, 3.63) is 41.7 Å². The molecule has 9 nitrogen and oxygen atoms in total. The van der Waals surface area contributed by atoms with E-state index >= 15 is 0 Å². The molecule has 0 bridgehead atoms. The maximum Gasteiger partial charge on any atom is 0.417 e. The van der Waals surface area contributed by atoms with Crippen LogP contribution in [-0.4, -0.2) is 50.7 Å². The predicted molar refractivity (Wildman–Crippen MR) is 123 cm³/mol. The molecule has 190 valence electrons. The lowest BCUT2D eigenvalue weighted by atomic mass is 10.2. The van der Waals surface area contributed by atoms with Crippen LogP contribution in [0.4, 0.5) is 13.2 Å². The summed E-state index contributed by atoms with van der Waals surface area (Å²) < 4.78 is 73.7. The molecule has 1 aliphatic rings. The highest BCUT2D eigenvalue weighted by atomic mass is 32.2. The third-order valence-electron chi connectivity index (χ3n) is 6.09. The fourth-order valence-corrected chi connectivity index (χ4v) is 5.07. The molecule has 4 aromatic rings. The van der Waals surface area contributed by atoms with E-state index in [1.807, 2.05) is 0 Å². The summed E-state index contributed by atoms with van der Waals surface area (Å²) in [5, 5.41) is -0.141. The number of alkyl halides is 3. The Kier molecular flexibility index (Phi) is 5.77. The number of sulfone groups is 1. The minimum Gasteiger partial charge on any atom is -0.465 e. The van der Waals surface area contributed by atoms with Gasteiger partial charge in [-0.3, -0.25) is 9.20 Å². The monoisotopic (exact) mass is 521 g/mol. The van der Waals surface area contributed by atoms with Crippen molar-refractivity contribution in [2.45, 2.75) is 37.4 Å². The number of imidazole rings is 2. The lowest BCUT2D eigenvalue weighted by Crippen LogP contribution is -2.11. The Morgan fingerprint density at radius 2 is 1.97 bits per heavy atom. The minimum absolute atomic E-state index is 0.00228. The third kappa shape index (κ3) is 4.43. The average molecular weight is 522 g/mol. The quantitative estimate of drug-likeness (QED) is 0.342. The molecule has 4 heterocycles. The Morgan fingerprint density at radius 3 is 2.64 bits per heavy atom. The molecule has 1 fully saturated rings. The fraction of sp³-hybridized carbons (Fsp3) is 0.391. The average Bonchev–Trinajstić information content (AvgIpc) is 3.49. The zero-order valence-corrected chi connectivity index (χ0v) is 20.2. The van der Waals surface area contributed by atoms with Gasteiger partial charge < -0.3 is 9.30 Å². The van der Waals surface area contributed by atoms with Gasteiger partial charge in [0, 0.05) is 19.4 Å². The Morgan fingerprint density at radius 1 is 1.22 bits per heavy atom. The first-order valence-electron chi connectivity index (χ1n) is 11.3. The zero-order chi connectivity index (χ0) is 25.8. The van der Waals surface area contributed by atoms with E-state index in [2.05, 4.69) is 15.0 Å². The summed E-state index contributed by atoms with van der Waals surface area (Å²) >= 11 is 0. The topological polar surface area (TPSA) is 108 Å². The number of esters is 1. The number of carbonyl (C=O) groups is 1. The minimum atomic E-state index is -4.60. The maximum absolute atomic E-state index is 13.2. The molecule has 0 unspecified atom stereocenters. The van der Waals surface area contributed by atoms with Crippen LogP contribution in [0.2, 0.25) is 0 Å². The van der Waals surface area contributed by atoms with Crippen molar-refractivity contribution in [1.29, 1.82) is 0 Å². The summed E-state index contributed by atoms with van der Waals surface area (Å²) in [5.41, 5.74) is -0.0387. The van der Waals surface area contributed by atoms with Crippen LogP contribution < -0.4 is 0 Å². The van der Waals surface area contributed by atoms with Gasteiger partial charge in [-0.15, -0.1) is 0 Å². The van der Waals surface area contributed by atoms with Crippen molar-refractivity contribution in [1.82, 2.24) is 23.9 Å². The van der Waals surface area contributed by atoms with Gasteiger partial charge in [0.1, 0.15) is 16.9 Å². The van der Waals surface area contributed by atoms with Gasteiger partial charge in [-0.05, 0) is 42.5 Å². The lowest BCUT2D eigenvalue weighted by Gasteiger charge is -2.07. The molecule has 0 aromatic carbocycles. The number of hydrogen-bond acceptors (Lipinski definition) is 7. The molecule has 36 heavy (non-hydrogen) atoms. The van der Waals surface area contributed by atoms with Crippen molar-refractivity contribution < 1.29 is 31.1 Å². The van der Waals surface area contributed by atoms with Crippen LogP contribution in [0.15, 0.2) is 35.6 Å². The van der Waals surface area contributed by atoms with Crippen molar-refractivity contribution in [3.63, 3.8) is 0 Å². The number of pyridine rings is 2. The first kappa shape index (κ1) is 24.2. The van der Waals surface area contributed by atoms with E-state index < -0.39 is 21.6 Å². The van der Waals surface area contributed by atoms with Gasteiger partial charge >= 0.3 is 12.1 Å². The number of ether oxygens (including phenoxy) is 1. The second-order valence-electron chi connectivity index (χ2n) is 8.79. The van der Waals surface area contributed by atoms with Crippen molar-refractivity contribution in [3.8, 4) is 11.5 Å². The number of carbonyl (C=O) groups excluding carboxylic acids is 1. The highest BCUT2D eigenvalue weighted by Gasteiger charge is 2.33. The van der Waals surface area contributed by atoms with Crippen LogP contribution in [0.25, 0.3) is 28.3 Å². The number of hydrogen-bond donors (Lipinski definition) is 0. The molecular weight excluding hydrogens is 499 g/mol. The van der Waals surface area contributed by atoms with Crippen LogP contribution in [0.3, 0.4) is 0 Å². The summed E-state index contributed by atoms with van der Waals surface area (Å²) in [6.07, 6.45) is -0.289. The second-order valence-corrected chi connectivity index (χ2v) is 11.0. The maximum atomic E-state index is 13.2. The van der Waals surface area contributed by atoms with Crippen molar-refractivity contribution in [2.75, 3.05) is 12.4 Å². The lowest BCUT2D eigenvalue weighted by molar-refractivity contribution is -0.143. The highest BCUT2D eigenvalue weighted by molar-refractivity contribution is 7.91. The SMILES string of the molecule is CCS(=O)(=O)c1c(-c2nc3cc(C(F)(F)F)cnc3n2C)nc2cc(CC(=O)OCC3CC3)ccn12. The van der Waals surface area contributed by atoms with E-state index in [4.69, 9.17) is 4.74 Å². The molecule has 0 radical (unpaired) electrons. The summed E-state index contributed by atoms with van der Waals surface area (Å²) in [6.45, 7) is 1.87. The van der Waals surface area contributed by atoms with Gasteiger partial charge in [0.15, 0.2) is 26.3 Å². The Labute approximate surface area is 203 Å². The second kappa shape index (κ2) is 8.57. The van der Waals surface area contributed by atoms with Gasteiger partial charge in [0.25, 0.3) is 0 Å². The van der Waals surface area contributed by atoms with E-state index in [-0.39, 0.29) is 51.5 Å². The molecule has 0 atom stereocenters. The van der Waals surface area contributed by atoms with E-state index in [1.54, 1.807) is 12.1 Å². The van der Waals surface area contributed by atoms with E-state index in [0.717, 1.165) is 18.9 Å². The van der Waals surface area contributed by atoms with Gasteiger partial charge in [-0.1, -0.05) is 6.92 Å². The normalized spacial score (nSPS) is 14.6. The van der Waals surface area contributed by atoms with E-state index in [0.29, 0.717) is 24.3 Å². The molecule has 5 rings (SSSR count). The predicted octanol–water partition coefficient (Wildman–Crippen LogP) is 3.59. The number of halogens is 3. The Balaban J connectivity index is 1.61. The summed E-state index contributed by atoms with van der Waals surface area (Å²) in [6, 6.07) is 4.05. The summed E-state index contributed by atoms with van der Waals surface area (Å²) in [4.78, 5) is 24.8. The zero-order valence-electron chi connectivity index (χ0n) is 19.4. The molecule has 1 saturated carbocycles. The number of nitrogens with zero attached hydrogens (tertiary/aromatic N) is 5. The fourth-order valence-electron chi connectivity index (χ4n) is 3.91. The van der Waals surface area contributed by atoms with Crippen molar-refractivity contribution >= 4 is 32.6 Å². The molecule has 0 spiro atoms. The third-order valence-corrected chi connectivity index (χ3v) is 7.83. The van der Waals surface area contributed by atoms with Gasteiger partial charge in [0.2, 0.25) is 0 Å². The molecule has 0 amide bonds. The molecule has 0 saturated heterocycles. The van der Waals surface area contributed by atoms with Crippen LogP contribution in [0.5, 0.6) is 0 Å². The molecule has 1 aliphatic carbocycles. The highest BCUT2D eigenvalue weighted by Crippen LogP contribution is 2.34. The van der Waals surface area contributed by atoms with E-state index in [1.165, 1.54) is 29.1 Å². The molecule has 0 N–H and O–H groups in total. The van der Waals surface area contributed by atoms with Gasteiger partial charge in [-0.2, -0.15) is 13.2 Å². The summed E-state index contributed by atoms with van der Waals surface area (Å²) in [5.74, 6) is -0.133. The summed E-state index contributed by atoms with van der Waals surface area (Å²) in [7, 11) is -2.31. The largest absolute Gasteiger partial charge is 0.465 e. The Hall–Kier alpha value is -3.48. The van der Waals surface area contributed by atoms with Crippen LogP contribution >= 0.6 is 0 Å². The van der Waals surface area contributed by atoms with Crippen LogP contribution in [0, 0.1) is 5.92 Å². The van der Waals surface area contributed by atoms with Gasteiger partial charge in [0.05, 0.1) is 24.3 Å². The number of rotatable bonds is 7. The first-order valence-corrected chi connectivity index (χ1v) is 12.9. The van der Waals surface area contributed by atoms with Crippen molar-refractivity contribution in [2.24, 2.45) is 13.0 Å². The molecule has 4 aromatic heterocycles. The van der Waals surface area contributed by atoms with Gasteiger partial charge in [-0.25, -0.2) is 23.4 Å². The standard InChI is InChI=1S/C23H22F3N5O4S/c1-3-36(33,34)22-19(21-28-16-10-15(23(24,25)26)11-27-20(16)30(21)2)29-17-8-14(6-7-31(17)22)9-18(32)35-12-13-4-5-13/h6-8,10-11,13H,3-5,9,12H2,1-2H3. The molecule has 0 aliphatic heterocycles.